The molecule has 1 aliphatic rings. The van der Waals surface area contributed by atoms with Crippen LogP contribution in [0.4, 0.5) is 19.3 Å². The molecule has 0 bridgehead atoms. The summed E-state index contributed by atoms with van der Waals surface area (Å²) in [6, 6.07) is 11.9. The topological polar surface area (TPSA) is 61.0 Å². The molecule has 0 radical (unpaired) electrons. The highest BCUT2D eigenvalue weighted by molar-refractivity contribution is 5.90. The number of imidazole rings is 1. The second-order valence-electron chi connectivity index (χ2n) is 6.05. The Morgan fingerprint density at radius 1 is 1.12 bits per heavy atom. The summed E-state index contributed by atoms with van der Waals surface area (Å²) in [6.07, 6.45) is 2.18. The third-order valence-corrected chi connectivity index (χ3v) is 4.50. The Morgan fingerprint density at radius 3 is 2.58 bits per heavy atom. The number of para-hydroxylation sites is 1. The largest absolute Gasteiger partial charge is 0.348 e. The van der Waals surface area contributed by atoms with Crippen molar-refractivity contribution in [2.75, 3.05) is 11.9 Å². The van der Waals surface area contributed by atoms with Crippen LogP contribution in [0.1, 0.15) is 23.0 Å². The molecule has 5 nitrogen and oxygen atoms in total. The number of carbonyl (C=O) groups excluding carboxylic acids is 1. The van der Waals surface area contributed by atoms with Gasteiger partial charge in [-0.15, -0.1) is 0 Å². The van der Waals surface area contributed by atoms with Gasteiger partial charge in [0, 0.05) is 18.7 Å². The summed E-state index contributed by atoms with van der Waals surface area (Å²) < 4.78 is 27.8. The van der Waals surface area contributed by atoms with E-state index in [4.69, 9.17) is 0 Å². The first-order chi connectivity index (χ1) is 12.6. The van der Waals surface area contributed by atoms with Gasteiger partial charge in [0.15, 0.2) is 0 Å². The first-order valence-electron chi connectivity index (χ1n) is 8.24. The number of urea groups is 1. The highest BCUT2D eigenvalue weighted by Gasteiger charge is 2.34. The van der Waals surface area contributed by atoms with E-state index in [2.05, 4.69) is 15.3 Å². The summed E-state index contributed by atoms with van der Waals surface area (Å²) >= 11 is 0. The van der Waals surface area contributed by atoms with Crippen LogP contribution in [0.5, 0.6) is 0 Å². The Hall–Kier alpha value is -3.22. The predicted octanol–water partition coefficient (Wildman–Crippen LogP) is 3.87. The van der Waals surface area contributed by atoms with E-state index in [1.165, 1.54) is 6.07 Å². The molecule has 2 N–H and O–H groups in total. The quantitative estimate of drug-likeness (QED) is 0.734. The van der Waals surface area contributed by atoms with E-state index in [1.807, 2.05) is 30.3 Å². The van der Waals surface area contributed by atoms with Crippen LogP contribution >= 0.6 is 0 Å². The van der Waals surface area contributed by atoms with Gasteiger partial charge in [0.25, 0.3) is 0 Å². The van der Waals surface area contributed by atoms with Gasteiger partial charge in [-0.3, -0.25) is 0 Å². The Morgan fingerprint density at radius 2 is 1.85 bits per heavy atom. The number of anilines is 1. The number of aromatic nitrogens is 2. The maximum Gasteiger partial charge on any atom is 0.322 e. The van der Waals surface area contributed by atoms with Gasteiger partial charge in [-0.05, 0) is 17.7 Å². The number of aromatic amines is 1. The summed E-state index contributed by atoms with van der Waals surface area (Å²) in [5.74, 6) is -1.63. The van der Waals surface area contributed by atoms with Gasteiger partial charge in [-0.2, -0.15) is 0 Å². The van der Waals surface area contributed by atoms with Crippen LogP contribution in [0.25, 0.3) is 0 Å². The fraction of sp³-hybridized carbons (Fsp3) is 0.158. The molecule has 0 aliphatic carbocycles. The number of nitrogens with one attached hydrogen (secondary N) is 2. The van der Waals surface area contributed by atoms with Crippen LogP contribution < -0.4 is 5.32 Å². The summed E-state index contributed by atoms with van der Waals surface area (Å²) in [6.45, 7) is 0.399. The van der Waals surface area contributed by atoms with Gasteiger partial charge in [0.05, 0.1) is 12.0 Å². The predicted molar refractivity (Wildman–Crippen MR) is 92.7 cm³/mol. The molecule has 1 aliphatic heterocycles. The van der Waals surface area contributed by atoms with Crippen molar-refractivity contribution < 1.29 is 13.6 Å². The van der Waals surface area contributed by atoms with Crippen molar-refractivity contribution in [3.63, 3.8) is 0 Å². The molecule has 2 heterocycles. The number of hydrogen-bond donors (Lipinski definition) is 2. The van der Waals surface area contributed by atoms with Gasteiger partial charge < -0.3 is 15.2 Å². The lowest BCUT2D eigenvalue weighted by atomic mass is 9.96. The summed E-state index contributed by atoms with van der Waals surface area (Å²) in [4.78, 5) is 21.8. The molecule has 0 saturated carbocycles. The van der Waals surface area contributed by atoms with E-state index in [1.54, 1.807) is 11.2 Å². The molecule has 0 saturated heterocycles. The lowest BCUT2D eigenvalue weighted by Gasteiger charge is -2.35. The first-order valence-corrected chi connectivity index (χ1v) is 8.24. The van der Waals surface area contributed by atoms with E-state index in [0.29, 0.717) is 13.0 Å². The van der Waals surface area contributed by atoms with Crippen LogP contribution in [0.3, 0.4) is 0 Å². The Balaban J connectivity index is 1.69. The normalized spacial score (nSPS) is 16.2. The third-order valence-electron chi connectivity index (χ3n) is 4.50. The van der Waals surface area contributed by atoms with Crippen LogP contribution in [-0.2, 0) is 6.42 Å². The van der Waals surface area contributed by atoms with Crippen molar-refractivity contribution in [3.8, 4) is 0 Å². The average Bonchev–Trinajstić information content (AvgIpc) is 3.13. The zero-order chi connectivity index (χ0) is 18.1. The molecular weight excluding hydrogens is 338 g/mol. The van der Waals surface area contributed by atoms with Crippen LogP contribution in [0, 0.1) is 11.6 Å². The molecule has 7 heteroatoms. The fourth-order valence-electron chi connectivity index (χ4n) is 3.26. The maximum atomic E-state index is 13.9. The number of nitrogens with zero attached hydrogens (tertiary/aromatic N) is 2. The fourth-order valence-corrected chi connectivity index (χ4v) is 3.26. The van der Waals surface area contributed by atoms with Gasteiger partial charge >= 0.3 is 6.03 Å². The number of fused-ring (bicyclic) bond motifs is 1. The Bertz CT molecular complexity index is 921. The Kier molecular flexibility index (Phi) is 4.12. The molecule has 1 atom stereocenters. The second-order valence-corrected chi connectivity index (χ2v) is 6.05. The Labute approximate surface area is 148 Å². The second kappa shape index (κ2) is 6.59. The lowest BCUT2D eigenvalue weighted by Crippen LogP contribution is -2.43. The van der Waals surface area contributed by atoms with E-state index in [9.17, 15) is 13.6 Å². The number of rotatable bonds is 2. The lowest BCUT2D eigenvalue weighted by molar-refractivity contribution is 0.192. The number of hydrogen-bond acceptors (Lipinski definition) is 2. The van der Waals surface area contributed by atoms with Crippen molar-refractivity contribution >= 4 is 11.7 Å². The SMILES string of the molecule is O=C(Nc1c(F)cccc1F)N1CCc2[nH]cnc2[C@@H]1c1ccccc1. The molecule has 0 unspecified atom stereocenters. The van der Waals surface area contributed by atoms with Gasteiger partial charge in [-0.1, -0.05) is 36.4 Å². The molecule has 26 heavy (non-hydrogen) atoms. The number of benzene rings is 2. The van der Waals surface area contributed by atoms with Crippen molar-refractivity contribution in [2.45, 2.75) is 12.5 Å². The molecule has 0 spiro atoms. The summed E-state index contributed by atoms with van der Waals surface area (Å²) in [5.41, 5.74) is 2.13. The summed E-state index contributed by atoms with van der Waals surface area (Å²) in [5, 5.41) is 2.37. The number of amides is 2. The zero-order valence-electron chi connectivity index (χ0n) is 13.7. The minimum absolute atomic E-state index is 0.399. The molecule has 0 fully saturated rings. The minimum Gasteiger partial charge on any atom is -0.348 e. The highest BCUT2D eigenvalue weighted by Crippen LogP contribution is 2.34. The molecule has 2 aromatic carbocycles. The maximum absolute atomic E-state index is 13.9. The van der Waals surface area contributed by atoms with Crippen LogP contribution in [-0.4, -0.2) is 27.4 Å². The van der Waals surface area contributed by atoms with Crippen molar-refractivity contribution in [1.29, 1.82) is 0 Å². The number of H-pyrrole nitrogens is 1. The zero-order valence-corrected chi connectivity index (χ0v) is 13.7. The van der Waals surface area contributed by atoms with Crippen molar-refractivity contribution in [1.82, 2.24) is 14.9 Å². The highest BCUT2D eigenvalue weighted by atomic mass is 19.1. The molecule has 132 valence electrons. The van der Waals surface area contributed by atoms with Crippen LogP contribution in [0.15, 0.2) is 54.9 Å². The average molecular weight is 354 g/mol. The molecule has 3 aromatic rings. The van der Waals surface area contributed by atoms with Gasteiger partial charge in [-0.25, -0.2) is 18.6 Å². The standard InChI is InChI=1S/C19H16F2N4O/c20-13-7-4-8-14(21)16(13)24-19(26)25-10-9-15-17(23-11-22-15)18(25)12-5-2-1-3-6-12/h1-8,11,18H,9-10H2,(H,22,23)(H,24,26)/t18-/m0/s1. The third kappa shape index (κ3) is 2.81. The van der Waals surface area contributed by atoms with Gasteiger partial charge in [0.2, 0.25) is 0 Å². The van der Waals surface area contributed by atoms with E-state index in [0.717, 1.165) is 29.1 Å². The van der Waals surface area contributed by atoms with E-state index >= 15 is 0 Å². The van der Waals surface area contributed by atoms with Gasteiger partial charge in [0.1, 0.15) is 23.4 Å². The molecule has 1 aromatic heterocycles. The number of halogens is 2. The molecular formula is C19H16F2N4O. The van der Waals surface area contributed by atoms with Crippen LogP contribution in [0.2, 0.25) is 0 Å². The minimum atomic E-state index is -0.813. The van der Waals surface area contributed by atoms with Crippen molar-refractivity contribution in [3.05, 3.63) is 83.4 Å². The van der Waals surface area contributed by atoms with E-state index < -0.39 is 29.4 Å². The first kappa shape index (κ1) is 16.3. The van der Waals surface area contributed by atoms with E-state index in [-0.39, 0.29) is 0 Å². The molecule has 2 amide bonds. The summed E-state index contributed by atoms with van der Waals surface area (Å²) in [7, 11) is 0. The molecule has 4 rings (SSSR count). The smallest absolute Gasteiger partial charge is 0.322 e. The monoisotopic (exact) mass is 354 g/mol. The number of carbonyl (C=O) groups is 1. The van der Waals surface area contributed by atoms with Crippen molar-refractivity contribution in [2.24, 2.45) is 0 Å².